The summed E-state index contributed by atoms with van der Waals surface area (Å²) >= 11 is 0. The largest absolute Gasteiger partial charge is 0.322 e. The molecule has 0 aliphatic rings. The number of anilines is 1. The lowest BCUT2D eigenvalue weighted by atomic mass is 10.0. The maximum atomic E-state index is 13.3. The monoisotopic (exact) mass is 448 g/mol. The minimum Gasteiger partial charge on any atom is -0.322 e. The summed E-state index contributed by atoms with van der Waals surface area (Å²) in [6.07, 6.45) is 2.78. The fraction of sp³-hybridized carbons (Fsp3) is 0.208. The van der Waals surface area contributed by atoms with Crippen molar-refractivity contribution in [3.8, 4) is 11.3 Å². The van der Waals surface area contributed by atoms with E-state index in [0.717, 1.165) is 17.4 Å². The summed E-state index contributed by atoms with van der Waals surface area (Å²) in [6.45, 7) is 6.01. The first kappa shape index (κ1) is 21.7. The molecule has 0 saturated heterocycles. The number of pyridine rings is 1. The maximum absolute atomic E-state index is 13.3. The Kier molecular flexibility index (Phi) is 5.56. The van der Waals surface area contributed by atoms with Crippen molar-refractivity contribution < 1.29 is 13.2 Å². The third-order valence-electron chi connectivity index (χ3n) is 5.24. The summed E-state index contributed by atoms with van der Waals surface area (Å²) in [4.78, 5) is 18.3. The standard InChI is InChI=1S/C24H24N4O3S/c1-15(2)28-23-21(14-25-28)20(13-22(27-23)19-11-6-5-8-16(19)3)24(29)26-17-9-7-10-18(12-17)32(4,30)31/h5-15H,1-4H3,(H,26,29). The van der Waals surface area contributed by atoms with E-state index in [1.54, 1.807) is 29.1 Å². The summed E-state index contributed by atoms with van der Waals surface area (Å²) in [7, 11) is -3.39. The number of hydrogen-bond acceptors (Lipinski definition) is 5. The molecular weight excluding hydrogens is 424 g/mol. The van der Waals surface area contributed by atoms with E-state index in [-0.39, 0.29) is 16.8 Å². The van der Waals surface area contributed by atoms with Crippen molar-refractivity contribution in [2.24, 2.45) is 0 Å². The number of nitrogens with one attached hydrogen (secondary N) is 1. The van der Waals surface area contributed by atoms with E-state index < -0.39 is 9.84 Å². The molecule has 0 bridgehead atoms. The molecule has 1 N–H and O–H groups in total. The number of carbonyl (C=O) groups excluding carboxylic acids is 1. The highest BCUT2D eigenvalue weighted by Gasteiger charge is 2.19. The fourth-order valence-electron chi connectivity index (χ4n) is 3.59. The van der Waals surface area contributed by atoms with Crippen molar-refractivity contribution in [3.63, 3.8) is 0 Å². The van der Waals surface area contributed by atoms with Crippen molar-refractivity contribution in [1.29, 1.82) is 0 Å². The molecule has 4 rings (SSSR count). The van der Waals surface area contributed by atoms with Crippen LogP contribution in [0.4, 0.5) is 5.69 Å². The topological polar surface area (TPSA) is 94.0 Å². The van der Waals surface area contributed by atoms with Crippen LogP contribution < -0.4 is 5.32 Å². The molecule has 0 radical (unpaired) electrons. The van der Waals surface area contributed by atoms with Gasteiger partial charge < -0.3 is 5.32 Å². The van der Waals surface area contributed by atoms with Gasteiger partial charge in [-0.05, 0) is 50.6 Å². The Bertz CT molecular complexity index is 1440. The molecule has 2 heterocycles. The molecule has 164 valence electrons. The highest BCUT2D eigenvalue weighted by atomic mass is 32.2. The molecule has 0 unspecified atom stereocenters. The second kappa shape index (κ2) is 8.20. The number of rotatable bonds is 5. The van der Waals surface area contributed by atoms with Crippen LogP contribution in [0.1, 0.15) is 35.8 Å². The number of fused-ring (bicyclic) bond motifs is 1. The number of aryl methyl sites for hydroxylation is 1. The van der Waals surface area contributed by atoms with Gasteiger partial charge in [0.15, 0.2) is 15.5 Å². The quantitative estimate of drug-likeness (QED) is 0.480. The molecule has 0 aliphatic carbocycles. The van der Waals surface area contributed by atoms with Crippen LogP contribution in [0, 0.1) is 6.92 Å². The van der Waals surface area contributed by atoms with Gasteiger partial charge in [-0.3, -0.25) is 4.79 Å². The predicted molar refractivity (Wildman–Crippen MR) is 126 cm³/mol. The molecule has 0 fully saturated rings. The minimum atomic E-state index is -3.39. The van der Waals surface area contributed by atoms with E-state index in [0.29, 0.717) is 28.0 Å². The van der Waals surface area contributed by atoms with Gasteiger partial charge in [-0.25, -0.2) is 18.1 Å². The van der Waals surface area contributed by atoms with E-state index in [4.69, 9.17) is 4.98 Å². The molecular formula is C24H24N4O3S. The Morgan fingerprint density at radius 2 is 1.81 bits per heavy atom. The lowest BCUT2D eigenvalue weighted by Crippen LogP contribution is -2.14. The molecule has 0 atom stereocenters. The van der Waals surface area contributed by atoms with Crippen molar-refractivity contribution in [1.82, 2.24) is 14.8 Å². The summed E-state index contributed by atoms with van der Waals surface area (Å²) in [6, 6.07) is 15.9. The first-order chi connectivity index (χ1) is 15.1. The van der Waals surface area contributed by atoms with Crippen LogP contribution in [0.2, 0.25) is 0 Å². The first-order valence-corrected chi connectivity index (χ1v) is 12.1. The summed E-state index contributed by atoms with van der Waals surface area (Å²) in [5.41, 5.74) is 4.09. The van der Waals surface area contributed by atoms with Gasteiger partial charge in [0.25, 0.3) is 5.91 Å². The number of hydrogen-bond donors (Lipinski definition) is 1. The Morgan fingerprint density at radius 1 is 1.06 bits per heavy atom. The van der Waals surface area contributed by atoms with Crippen molar-refractivity contribution in [2.75, 3.05) is 11.6 Å². The van der Waals surface area contributed by atoms with E-state index >= 15 is 0 Å². The van der Waals surface area contributed by atoms with E-state index in [1.165, 1.54) is 12.1 Å². The van der Waals surface area contributed by atoms with Crippen LogP contribution in [0.25, 0.3) is 22.3 Å². The third kappa shape index (κ3) is 4.13. The van der Waals surface area contributed by atoms with Gasteiger partial charge in [0.1, 0.15) is 0 Å². The van der Waals surface area contributed by atoms with Crippen LogP contribution in [-0.2, 0) is 9.84 Å². The molecule has 0 aliphatic heterocycles. The number of sulfone groups is 1. The lowest BCUT2D eigenvalue weighted by molar-refractivity contribution is 0.102. The second-order valence-corrected chi connectivity index (χ2v) is 10.1. The number of aromatic nitrogens is 3. The zero-order valence-electron chi connectivity index (χ0n) is 18.3. The van der Waals surface area contributed by atoms with Gasteiger partial charge >= 0.3 is 0 Å². The van der Waals surface area contributed by atoms with E-state index in [9.17, 15) is 13.2 Å². The van der Waals surface area contributed by atoms with E-state index in [1.807, 2.05) is 45.0 Å². The Balaban J connectivity index is 1.84. The van der Waals surface area contributed by atoms with Crippen molar-refractivity contribution >= 4 is 32.5 Å². The Labute approximate surface area is 187 Å². The summed E-state index contributed by atoms with van der Waals surface area (Å²) in [5, 5.41) is 7.90. The highest BCUT2D eigenvalue weighted by molar-refractivity contribution is 7.90. The predicted octanol–water partition coefficient (Wildman–Crippen LogP) is 4.64. The second-order valence-electron chi connectivity index (χ2n) is 8.04. The average Bonchev–Trinajstić information content (AvgIpc) is 3.17. The van der Waals surface area contributed by atoms with Crippen LogP contribution in [0.15, 0.2) is 65.7 Å². The van der Waals surface area contributed by atoms with Crippen molar-refractivity contribution in [3.05, 3.63) is 71.9 Å². The van der Waals surface area contributed by atoms with Gasteiger partial charge in [-0.2, -0.15) is 5.10 Å². The summed E-state index contributed by atoms with van der Waals surface area (Å²) in [5.74, 6) is -0.360. The highest BCUT2D eigenvalue weighted by Crippen LogP contribution is 2.29. The normalized spacial score (nSPS) is 11.8. The molecule has 8 heteroatoms. The van der Waals surface area contributed by atoms with Gasteiger partial charge in [0, 0.05) is 23.5 Å². The average molecular weight is 449 g/mol. The number of carbonyl (C=O) groups is 1. The molecule has 32 heavy (non-hydrogen) atoms. The third-order valence-corrected chi connectivity index (χ3v) is 6.35. The van der Waals surface area contributed by atoms with Gasteiger partial charge in [0.05, 0.1) is 27.7 Å². The minimum absolute atomic E-state index is 0.0643. The molecule has 2 aromatic heterocycles. The van der Waals surface area contributed by atoms with Crippen LogP contribution in [0.5, 0.6) is 0 Å². The van der Waals surface area contributed by atoms with Gasteiger partial charge in [0.2, 0.25) is 0 Å². The molecule has 7 nitrogen and oxygen atoms in total. The van der Waals surface area contributed by atoms with Crippen LogP contribution in [-0.4, -0.2) is 35.3 Å². The molecule has 4 aromatic rings. The van der Waals surface area contributed by atoms with Gasteiger partial charge in [-0.1, -0.05) is 30.3 Å². The lowest BCUT2D eigenvalue weighted by Gasteiger charge is -2.12. The van der Waals surface area contributed by atoms with Crippen molar-refractivity contribution in [2.45, 2.75) is 31.7 Å². The smallest absolute Gasteiger partial charge is 0.256 e. The maximum Gasteiger partial charge on any atom is 0.256 e. The Morgan fingerprint density at radius 3 is 2.50 bits per heavy atom. The fourth-order valence-corrected chi connectivity index (χ4v) is 4.25. The number of benzene rings is 2. The first-order valence-electron chi connectivity index (χ1n) is 10.2. The molecule has 2 aromatic carbocycles. The molecule has 0 saturated carbocycles. The number of amides is 1. The van der Waals surface area contributed by atoms with Gasteiger partial charge in [-0.15, -0.1) is 0 Å². The van der Waals surface area contributed by atoms with Crippen LogP contribution >= 0.6 is 0 Å². The number of nitrogens with zero attached hydrogens (tertiary/aromatic N) is 3. The molecule has 1 amide bonds. The molecule has 0 spiro atoms. The zero-order valence-corrected chi connectivity index (χ0v) is 19.1. The Hall–Kier alpha value is -3.52. The SMILES string of the molecule is Cc1ccccc1-c1cc(C(=O)Nc2cccc(S(C)(=O)=O)c2)c2cnn(C(C)C)c2n1. The summed E-state index contributed by atoms with van der Waals surface area (Å²) < 4.78 is 25.6. The van der Waals surface area contributed by atoms with E-state index in [2.05, 4.69) is 10.4 Å². The van der Waals surface area contributed by atoms with Crippen LogP contribution in [0.3, 0.4) is 0 Å². The zero-order chi connectivity index (χ0) is 23.0.